The molecule has 0 aliphatic heterocycles. The zero-order valence-corrected chi connectivity index (χ0v) is 6.73. The van der Waals surface area contributed by atoms with E-state index in [0.717, 1.165) is 6.20 Å². The molecule has 12 heavy (non-hydrogen) atoms. The van der Waals surface area contributed by atoms with E-state index >= 15 is 0 Å². The van der Waals surface area contributed by atoms with Crippen LogP contribution in [0, 0.1) is 5.39 Å². The topological polar surface area (TPSA) is 61.3 Å². The molecule has 1 rings (SSSR count). The van der Waals surface area contributed by atoms with E-state index in [0.29, 0.717) is 10.7 Å². The predicted octanol–water partition coefficient (Wildman–Crippen LogP) is 2.44. The molecule has 4 nitrogen and oxygen atoms in total. The van der Waals surface area contributed by atoms with Crippen LogP contribution in [0.1, 0.15) is 5.56 Å². The minimum Gasteiger partial charge on any atom is -0.501 e. The molecule has 0 amide bonds. The summed E-state index contributed by atoms with van der Waals surface area (Å²) in [4.78, 5) is 6.39. The van der Waals surface area contributed by atoms with Crippen molar-refractivity contribution in [2.24, 2.45) is 0 Å². The van der Waals surface area contributed by atoms with Crippen LogP contribution in [0.25, 0.3) is 10.7 Å². The summed E-state index contributed by atoms with van der Waals surface area (Å²) < 4.78 is 0. The van der Waals surface area contributed by atoms with Gasteiger partial charge in [-0.05, 0) is 12.1 Å². The van der Waals surface area contributed by atoms with Gasteiger partial charge in [-0.1, -0.05) is 11.6 Å². The number of aliphatic hydroxyl groups is 1. The highest BCUT2D eigenvalue weighted by molar-refractivity contribution is 6.29. The van der Waals surface area contributed by atoms with E-state index < -0.39 is 0 Å². The number of aromatic nitrogens is 1. The van der Waals surface area contributed by atoms with Gasteiger partial charge < -0.3 is 5.11 Å². The van der Waals surface area contributed by atoms with E-state index in [9.17, 15) is 0 Å². The average Bonchev–Trinajstić information content (AvgIpc) is 2.06. The van der Waals surface area contributed by atoms with Crippen LogP contribution in [0.4, 0.5) is 0 Å². The summed E-state index contributed by atoms with van der Waals surface area (Å²) in [5.74, 6) is -0.165. The molecular weight excluding hydrogens is 178 g/mol. The molecular formula is C7H5ClN3O+. The summed E-state index contributed by atoms with van der Waals surface area (Å²) in [6.45, 7) is 0. The first-order valence-electron chi connectivity index (χ1n) is 3.09. The van der Waals surface area contributed by atoms with Crippen molar-refractivity contribution in [3.05, 3.63) is 40.2 Å². The Morgan fingerprint density at radius 1 is 1.67 bits per heavy atom. The van der Waals surface area contributed by atoms with Crippen molar-refractivity contribution in [2.45, 2.75) is 0 Å². The molecule has 1 aromatic rings. The quantitative estimate of drug-likeness (QED) is 0.412. The monoisotopic (exact) mass is 182 g/mol. The van der Waals surface area contributed by atoms with Crippen molar-refractivity contribution < 1.29 is 5.11 Å². The molecule has 0 saturated carbocycles. The van der Waals surface area contributed by atoms with Crippen molar-refractivity contribution in [1.29, 1.82) is 5.39 Å². The summed E-state index contributed by atoms with van der Waals surface area (Å²) >= 11 is 5.51. The Morgan fingerprint density at radius 3 is 2.92 bits per heavy atom. The lowest BCUT2D eigenvalue weighted by Crippen LogP contribution is -1.83. The van der Waals surface area contributed by atoms with Crippen LogP contribution in [0.3, 0.4) is 0 Å². The number of hydrogen-bond acceptors (Lipinski definition) is 3. The Morgan fingerprint density at radius 2 is 2.42 bits per heavy atom. The fourth-order valence-corrected chi connectivity index (χ4v) is 0.768. The lowest BCUT2D eigenvalue weighted by atomic mass is 10.2. The fraction of sp³-hybridized carbons (Fsp3) is 0. The molecule has 0 fully saturated rings. The summed E-state index contributed by atoms with van der Waals surface area (Å²) in [6, 6.07) is 3.09. The number of nitrogens with zero attached hydrogens (tertiary/aromatic N) is 3. The minimum absolute atomic E-state index is 0.165. The average molecular weight is 183 g/mol. The van der Waals surface area contributed by atoms with Crippen LogP contribution >= 0.6 is 11.6 Å². The van der Waals surface area contributed by atoms with Crippen molar-refractivity contribution >= 4 is 17.4 Å². The van der Waals surface area contributed by atoms with Gasteiger partial charge in [-0.2, -0.15) is 0 Å². The van der Waals surface area contributed by atoms with Gasteiger partial charge in [0.2, 0.25) is 11.2 Å². The number of aliphatic hydroxyl groups excluding tert-OH is 1. The van der Waals surface area contributed by atoms with Gasteiger partial charge in [0, 0.05) is 11.8 Å². The predicted molar refractivity (Wildman–Crippen MR) is 44.9 cm³/mol. The first kappa shape index (κ1) is 8.50. The number of diazo groups is 1. The lowest BCUT2D eigenvalue weighted by molar-refractivity contribution is 0.511. The highest BCUT2D eigenvalue weighted by atomic mass is 35.5. The van der Waals surface area contributed by atoms with Crippen LogP contribution < -0.4 is 0 Å². The van der Waals surface area contributed by atoms with Gasteiger partial charge >= 0.3 is 6.20 Å². The zero-order chi connectivity index (χ0) is 8.97. The summed E-state index contributed by atoms with van der Waals surface area (Å²) in [5, 5.41) is 17.6. The number of rotatable bonds is 1. The maximum atomic E-state index is 9.14. The standard InChI is InChI=1S/C7H4ClN3O/c8-7-2-1-5(3-10-7)6(12)4-11-9/h1-4H/p+1/b6-4+. The molecule has 0 saturated heterocycles. The molecule has 0 unspecified atom stereocenters. The molecule has 0 aliphatic rings. The molecule has 1 N–H and O–H groups in total. The Bertz CT molecular complexity index is 339. The SMILES string of the molecule is N#[N+]/C=C(/O)c1ccc(Cl)nc1. The van der Waals surface area contributed by atoms with Gasteiger partial charge in [0.1, 0.15) is 5.15 Å². The molecule has 0 bridgehead atoms. The molecule has 0 spiro atoms. The van der Waals surface area contributed by atoms with Crippen LogP contribution in [0.15, 0.2) is 24.5 Å². The van der Waals surface area contributed by atoms with E-state index in [2.05, 4.69) is 9.96 Å². The summed E-state index contributed by atoms with van der Waals surface area (Å²) in [6.07, 6.45) is 2.28. The normalized spacial score (nSPS) is 10.8. The lowest BCUT2D eigenvalue weighted by Gasteiger charge is -1.93. The number of pyridine rings is 1. The van der Waals surface area contributed by atoms with Gasteiger partial charge in [0.15, 0.2) is 4.98 Å². The molecule has 0 aromatic carbocycles. The second kappa shape index (κ2) is 3.69. The minimum atomic E-state index is -0.165. The highest BCUT2D eigenvalue weighted by Gasteiger charge is 2.03. The molecule has 0 radical (unpaired) electrons. The van der Waals surface area contributed by atoms with Crippen molar-refractivity contribution in [3.63, 3.8) is 0 Å². The van der Waals surface area contributed by atoms with E-state index in [1.807, 2.05) is 0 Å². The van der Waals surface area contributed by atoms with Gasteiger partial charge in [-0.3, -0.25) is 0 Å². The Hall–Kier alpha value is -1.60. The van der Waals surface area contributed by atoms with Crippen molar-refractivity contribution in [2.75, 3.05) is 0 Å². The first-order valence-corrected chi connectivity index (χ1v) is 3.47. The maximum absolute atomic E-state index is 9.14. The van der Waals surface area contributed by atoms with E-state index in [1.165, 1.54) is 12.3 Å². The van der Waals surface area contributed by atoms with Gasteiger partial charge in [0.25, 0.3) is 0 Å². The first-order chi connectivity index (χ1) is 5.74. The fourth-order valence-electron chi connectivity index (χ4n) is 0.657. The third-order valence-electron chi connectivity index (χ3n) is 1.20. The van der Waals surface area contributed by atoms with Crippen LogP contribution in [-0.4, -0.2) is 10.1 Å². The van der Waals surface area contributed by atoms with E-state index in [4.69, 9.17) is 22.1 Å². The largest absolute Gasteiger partial charge is 0.501 e. The van der Waals surface area contributed by atoms with E-state index in [-0.39, 0.29) is 5.76 Å². The summed E-state index contributed by atoms with van der Waals surface area (Å²) in [5.41, 5.74) is 0.442. The molecule has 1 heterocycles. The third kappa shape index (κ3) is 1.94. The molecule has 0 aliphatic carbocycles. The molecule has 1 aromatic heterocycles. The smallest absolute Gasteiger partial charge is 0.392 e. The number of halogens is 1. The Labute approximate surface area is 73.7 Å². The number of hydrogen-bond donors (Lipinski definition) is 1. The van der Waals surface area contributed by atoms with Gasteiger partial charge in [-0.15, -0.1) is 0 Å². The van der Waals surface area contributed by atoms with Crippen LogP contribution in [-0.2, 0) is 0 Å². The molecule has 60 valence electrons. The Kier molecular flexibility index (Phi) is 2.62. The van der Waals surface area contributed by atoms with Crippen LogP contribution in [0.2, 0.25) is 5.15 Å². The summed E-state index contributed by atoms with van der Waals surface area (Å²) in [7, 11) is 0. The molecule has 0 atom stereocenters. The second-order valence-electron chi connectivity index (χ2n) is 2.00. The van der Waals surface area contributed by atoms with E-state index in [1.54, 1.807) is 6.07 Å². The maximum Gasteiger partial charge on any atom is 0.392 e. The highest BCUT2D eigenvalue weighted by Crippen LogP contribution is 2.12. The van der Waals surface area contributed by atoms with Gasteiger partial charge in [0.05, 0.1) is 0 Å². The van der Waals surface area contributed by atoms with Crippen molar-refractivity contribution in [1.82, 2.24) is 4.98 Å². The van der Waals surface area contributed by atoms with Crippen molar-refractivity contribution in [3.8, 4) is 0 Å². The zero-order valence-electron chi connectivity index (χ0n) is 5.98. The Balaban J connectivity index is 2.99. The third-order valence-corrected chi connectivity index (χ3v) is 1.43. The molecule has 5 heteroatoms. The van der Waals surface area contributed by atoms with Gasteiger partial charge in [-0.25, -0.2) is 4.98 Å². The second-order valence-corrected chi connectivity index (χ2v) is 2.39. The van der Waals surface area contributed by atoms with Crippen LogP contribution in [0.5, 0.6) is 0 Å².